The van der Waals surface area contributed by atoms with Crippen LogP contribution in [0.3, 0.4) is 0 Å². The van der Waals surface area contributed by atoms with Crippen molar-refractivity contribution >= 4 is 17.0 Å². The van der Waals surface area contributed by atoms with Crippen LogP contribution in [0.15, 0.2) is 0 Å². The van der Waals surface area contributed by atoms with E-state index in [-0.39, 0.29) is 12.7 Å². The molecule has 1 fully saturated rings. The largest absolute Gasteiger partial charge is 0.451 e. The summed E-state index contributed by atoms with van der Waals surface area (Å²) in [6.07, 6.45) is -0.206. The second-order valence-electron chi connectivity index (χ2n) is 3.00. The first-order chi connectivity index (χ1) is 5.49. The summed E-state index contributed by atoms with van der Waals surface area (Å²) in [5, 5.41) is 0. The Balaban J connectivity index is 2.24. The van der Waals surface area contributed by atoms with Gasteiger partial charge in [-0.3, -0.25) is 0 Å². The van der Waals surface area contributed by atoms with Crippen molar-refractivity contribution in [3.8, 4) is 0 Å². The fourth-order valence-corrected chi connectivity index (χ4v) is 1.07. The maximum absolute atomic E-state index is 10.2. The van der Waals surface area contributed by atoms with E-state index in [1.165, 1.54) is 0 Å². The third-order valence-corrected chi connectivity index (χ3v) is 1.56. The first-order valence-electron chi connectivity index (χ1n) is 3.64. The van der Waals surface area contributed by atoms with Crippen LogP contribution in [0, 0.1) is 0 Å². The number of hydrogen-bond donors (Lipinski definition) is 0. The number of hydrogen-bond acceptors (Lipinski definition) is 4. The van der Waals surface area contributed by atoms with Gasteiger partial charge in [-0.25, -0.2) is 4.79 Å². The Labute approximate surface area is 75.7 Å². The molecule has 0 aromatic rings. The first-order valence-corrected chi connectivity index (χ1v) is 4.01. The van der Waals surface area contributed by atoms with Crippen LogP contribution in [0.1, 0.15) is 13.8 Å². The zero-order valence-electron chi connectivity index (χ0n) is 7.00. The van der Waals surface area contributed by atoms with Gasteiger partial charge in [0.15, 0.2) is 5.79 Å². The molecule has 5 heteroatoms. The fraction of sp³-hybridized carbons (Fsp3) is 0.857. The van der Waals surface area contributed by atoms with E-state index < -0.39 is 11.2 Å². The Morgan fingerprint density at radius 1 is 1.75 bits per heavy atom. The minimum absolute atomic E-state index is 0.145. The molecule has 0 amide bonds. The van der Waals surface area contributed by atoms with Crippen LogP contribution < -0.4 is 0 Å². The van der Waals surface area contributed by atoms with Crippen molar-refractivity contribution in [3.63, 3.8) is 0 Å². The van der Waals surface area contributed by atoms with E-state index >= 15 is 0 Å². The second-order valence-corrected chi connectivity index (χ2v) is 3.31. The molecular weight excluding hydrogens is 184 g/mol. The van der Waals surface area contributed by atoms with E-state index in [1.54, 1.807) is 13.8 Å². The number of carbonyl (C=O) groups is 1. The van der Waals surface area contributed by atoms with Gasteiger partial charge in [-0.2, -0.15) is 0 Å². The molecule has 0 spiro atoms. The van der Waals surface area contributed by atoms with E-state index in [0.29, 0.717) is 6.61 Å². The van der Waals surface area contributed by atoms with Crippen LogP contribution in [-0.4, -0.2) is 30.5 Å². The minimum atomic E-state index is -0.816. The molecule has 1 saturated heterocycles. The molecule has 0 saturated carbocycles. The van der Waals surface area contributed by atoms with Gasteiger partial charge in [0.05, 0.1) is 6.61 Å². The van der Waals surface area contributed by atoms with Crippen LogP contribution in [-0.2, 0) is 14.2 Å². The number of halogens is 1. The Morgan fingerprint density at radius 2 is 2.42 bits per heavy atom. The van der Waals surface area contributed by atoms with E-state index in [9.17, 15) is 4.79 Å². The van der Waals surface area contributed by atoms with Gasteiger partial charge < -0.3 is 14.2 Å². The van der Waals surface area contributed by atoms with Gasteiger partial charge in [0.2, 0.25) is 0 Å². The molecule has 0 aromatic carbocycles. The zero-order chi connectivity index (χ0) is 9.19. The van der Waals surface area contributed by atoms with Gasteiger partial charge in [-0.15, -0.1) is 0 Å². The van der Waals surface area contributed by atoms with Gasteiger partial charge >= 0.3 is 5.43 Å². The molecule has 0 bridgehead atoms. The highest BCUT2D eigenvalue weighted by Gasteiger charge is 2.33. The van der Waals surface area contributed by atoms with Gasteiger partial charge in [0.1, 0.15) is 12.7 Å². The van der Waals surface area contributed by atoms with Gasteiger partial charge in [0.25, 0.3) is 0 Å². The van der Waals surface area contributed by atoms with Crippen molar-refractivity contribution in [3.05, 3.63) is 0 Å². The summed E-state index contributed by atoms with van der Waals surface area (Å²) in [5.41, 5.74) is -0.816. The van der Waals surface area contributed by atoms with E-state index in [2.05, 4.69) is 4.74 Å². The predicted molar refractivity (Wildman–Crippen MR) is 42.1 cm³/mol. The molecule has 0 aliphatic carbocycles. The van der Waals surface area contributed by atoms with Crippen molar-refractivity contribution in [1.29, 1.82) is 0 Å². The summed E-state index contributed by atoms with van der Waals surface area (Å²) in [6, 6.07) is 0. The highest BCUT2D eigenvalue weighted by molar-refractivity contribution is 6.61. The fourth-order valence-electron chi connectivity index (χ4n) is 1.00. The highest BCUT2D eigenvalue weighted by atomic mass is 35.5. The first kappa shape index (κ1) is 9.77. The van der Waals surface area contributed by atoms with Crippen LogP contribution in [0.4, 0.5) is 4.79 Å². The normalized spacial score (nSPS) is 27.1. The smallest absolute Gasteiger partial charge is 0.403 e. The minimum Gasteiger partial charge on any atom is -0.451 e. The molecule has 1 aliphatic rings. The molecule has 0 N–H and O–H groups in total. The van der Waals surface area contributed by atoms with Crippen molar-refractivity contribution in [2.45, 2.75) is 25.7 Å². The lowest BCUT2D eigenvalue weighted by atomic mass is 10.4. The van der Waals surface area contributed by atoms with Gasteiger partial charge in [-0.05, 0) is 13.8 Å². The summed E-state index contributed by atoms with van der Waals surface area (Å²) in [5.74, 6) is -0.580. The monoisotopic (exact) mass is 194 g/mol. The lowest BCUT2D eigenvalue weighted by Crippen LogP contribution is -2.24. The Morgan fingerprint density at radius 3 is 2.83 bits per heavy atom. The van der Waals surface area contributed by atoms with E-state index in [1.807, 2.05) is 0 Å². The molecule has 0 aromatic heterocycles. The summed E-state index contributed by atoms with van der Waals surface area (Å²) in [4.78, 5) is 10.2. The SMILES string of the molecule is CC1(C)OC[C@@H](COC(=O)Cl)O1. The second kappa shape index (κ2) is 3.60. The molecule has 70 valence electrons. The number of carbonyl (C=O) groups excluding carboxylic acids is 1. The standard InChI is InChI=1S/C7H11ClO4/c1-7(2)11-4-5(12-7)3-10-6(8)9/h5H,3-4H2,1-2H3/t5-/m1/s1. The average Bonchev–Trinajstić information content (AvgIpc) is 2.26. The van der Waals surface area contributed by atoms with Crippen molar-refractivity contribution in [2.75, 3.05) is 13.2 Å². The van der Waals surface area contributed by atoms with Crippen molar-refractivity contribution < 1.29 is 19.0 Å². The van der Waals surface area contributed by atoms with Gasteiger partial charge in [0, 0.05) is 11.6 Å². The average molecular weight is 195 g/mol. The lowest BCUT2D eigenvalue weighted by Gasteiger charge is -2.16. The van der Waals surface area contributed by atoms with Crippen LogP contribution in [0.25, 0.3) is 0 Å². The zero-order valence-corrected chi connectivity index (χ0v) is 7.76. The third-order valence-electron chi connectivity index (χ3n) is 1.45. The molecule has 1 heterocycles. The molecule has 12 heavy (non-hydrogen) atoms. The summed E-state index contributed by atoms with van der Waals surface area (Å²) < 4.78 is 15.1. The van der Waals surface area contributed by atoms with E-state index in [4.69, 9.17) is 21.1 Å². The molecular formula is C7H11ClO4. The Hall–Kier alpha value is -0.320. The summed E-state index contributed by atoms with van der Waals surface area (Å²) >= 11 is 4.97. The van der Waals surface area contributed by atoms with Crippen LogP contribution in [0.2, 0.25) is 0 Å². The van der Waals surface area contributed by atoms with E-state index in [0.717, 1.165) is 0 Å². The molecule has 1 atom stereocenters. The van der Waals surface area contributed by atoms with Crippen LogP contribution >= 0.6 is 11.6 Å². The summed E-state index contributed by atoms with van der Waals surface area (Å²) in [7, 11) is 0. The van der Waals surface area contributed by atoms with Crippen LogP contribution in [0.5, 0.6) is 0 Å². The maximum atomic E-state index is 10.2. The quantitative estimate of drug-likeness (QED) is 0.626. The Bertz CT molecular complexity index is 180. The highest BCUT2D eigenvalue weighted by Crippen LogP contribution is 2.22. The number of ether oxygens (including phenoxy) is 3. The van der Waals surface area contributed by atoms with Crippen molar-refractivity contribution in [1.82, 2.24) is 0 Å². The third kappa shape index (κ3) is 2.97. The maximum Gasteiger partial charge on any atom is 0.403 e. The molecule has 1 aliphatic heterocycles. The predicted octanol–water partition coefficient (Wildman–Crippen LogP) is 1.51. The molecule has 1 rings (SSSR count). The lowest BCUT2D eigenvalue weighted by molar-refractivity contribution is -0.142. The number of rotatable bonds is 2. The van der Waals surface area contributed by atoms with Gasteiger partial charge in [-0.1, -0.05) is 0 Å². The molecule has 0 radical (unpaired) electrons. The van der Waals surface area contributed by atoms with Crippen molar-refractivity contribution in [2.24, 2.45) is 0 Å². The topological polar surface area (TPSA) is 44.8 Å². The Kier molecular flexibility index (Phi) is 2.93. The molecule has 4 nitrogen and oxygen atoms in total. The molecule has 0 unspecified atom stereocenters. The summed E-state index contributed by atoms with van der Waals surface area (Å²) in [6.45, 7) is 4.17.